The maximum atomic E-state index is 11.4. The van der Waals surface area contributed by atoms with E-state index in [1.165, 1.54) is 0 Å². The van der Waals surface area contributed by atoms with E-state index < -0.39 is 11.7 Å². The summed E-state index contributed by atoms with van der Waals surface area (Å²) in [5.74, 6) is 0.163. The monoisotopic (exact) mass is 303 g/mol. The van der Waals surface area contributed by atoms with Gasteiger partial charge in [-0.15, -0.1) is 0 Å². The molecule has 0 saturated heterocycles. The van der Waals surface area contributed by atoms with E-state index in [0.29, 0.717) is 13.0 Å². The molecular formula is C18H25NO3. The molecule has 0 aliphatic rings. The number of alkyl carbamates (subject to hydrolysis) is 1. The molecular weight excluding hydrogens is 278 g/mol. The summed E-state index contributed by atoms with van der Waals surface area (Å²) in [5, 5.41) is 2.71. The van der Waals surface area contributed by atoms with Gasteiger partial charge in [-0.1, -0.05) is 36.4 Å². The van der Waals surface area contributed by atoms with Crippen LogP contribution in [0.3, 0.4) is 0 Å². The van der Waals surface area contributed by atoms with Crippen molar-refractivity contribution < 1.29 is 14.3 Å². The number of rotatable bonds is 6. The van der Waals surface area contributed by atoms with E-state index in [4.69, 9.17) is 4.74 Å². The zero-order valence-corrected chi connectivity index (χ0v) is 13.8. The number of ether oxygens (including phenoxy) is 1. The number of nitrogens with one attached hydrogen (secondary N) is 1. The molecule has 0 aliphatic carbocycles. The summed E-state index contributed by atoms with van der Waals surface area (Å²) in [6, 6.07) is 7.88. The SMILES string of the molecule is CC(=O)Cc1ccc(C=CCCNC(=O)OC(C)(C)C)cc1. The summed E-state index contributed by atoms with van der Waals surface area (Å²) >= 11 is 0. The molecule has 0 bridgehead atoms. The average molecular weight is 303 g/mol. The van der Waals surface area contributed by atoms with Gasteiger partial charge < -0.3 is 10.1 Å². The molecule has 1 rings (SSSR count). The van der Waals surface area contributed by atoms with Crippen molar-refractivity contribution in [3.63, 3.8) is 0 Å². The lowest BCUT2D eigenvalue weighted by Crippen LogP contribution is -2.32. The number of amides is 1. The van der Waals surface area contributed by atoms with Gasteiger partial charge in [-0.3, -0.25) is 4.79 Å². The smallest absolute Gasteiger partial charge is 0.407 e. The van der Waals surface area contributed by atoms with Crippen LogP contribution in [-0.4, -0.2) is 24.0 Å². The van der Waals surface area contributed by atoms with E-state index in [1.807, 2.05) is 57.2 Å². The Morgan fingerprint density at radius 3 is 2.36 bits per heavy atom. The minimum atomic E-state index is -0.471. The Morgan fingerprint density at radius 1 is 1.18 bits per heavy atom. The zero-order chi connectivity index (χ0) is 16.6. The van der Waals surface area contributed by atoms with Gasteiger partial charge in [0.2, 0.25) is 0 Å². The van der Waals surface area contributed by atoms with Crippen LogP contribution in [0.15, 0.2) is 30.3 Å². The topological polar surface area (TPSA) is 55.4 Å². The third kappa shape index (κ3) is 8.25. The van der Waals surface area contributed by atoms with Crippen LogP contribution in [0, 0.1) is 0 Å². The predicted molar refractivity (Wildman–Crippen MR) is 88.7 cm³/mol. The van der Waals surface area contributed by atoms with Gasteiger partial charge in [-0.25, -0.2) is 4.79 Å². The van der Waals surface area contributed by atoms with Crippen molar-refractivity contribution in [3.8, 4) is 0 Å². The van der Waals surface area contributed by atoms with Crippen molar-refractivity contribution in [2.45, 2.75) is 46.1 Å². The first-order chi connectivity index (χ1) is 10.3. The quantitative estimate of drug-likeness (QED) is 0.814. The first-order valence-corrected chi connectivity index (χ1v) is 7.48. The predicted octanol–water partition coefficient (Wildman–Crippen LogP) is 3.75. The molecule has 0 aromatic heterocycles. The molecule has 1 N–H and O–H groups in total. The Morgan fingerprint density at radius 2 is 1.82 bits per heavy atom. The molecule has 1 amide bonds. The molecule has 0 aliphatic heterocycles. The number of Topliss-reactive ketones (excluding diaryl/α,β-unsaturated/α-hetero) is 1. The normalized spacial score (nSPS) is 11.5. The minimum absolute atomic E-state index is 0.163. The van der Waals surface area contributed by atoms with Crippen LogP contribution in [0.4, 0.5) is 4.79 Å². The van der Waals surface area contributed by atoms with Crippen LogP contribution in [0.5, 0.6) is 0 Å². The summed E-state index contributed by atoms with van der Waals surface area (Å²) < 4.78 is 5.15. The highest BCUT2D eigenvalue weighted by atomic mass is 16.6. The highest BCUT2D eigenvalue weighted by molar-refractivity contribution is 5.78. The highest BCUT2D eigenvalue weighted by Crippen LogP contribution is 2.08. The van der Waals surface area contributed by atoms with Crippen LogP contribution in [0.2, 0.25) is 0 Å². The number of ketones is 1. The summed E-state index contributed by atoms with van der Waals surface area (Å²) in [7, 11) is 0. The maximum absolute atomic E-state index is 11.4. The molecule has 1 aromatic carbocycles. The lowest BCUT2D eigenvalue weighted by molar-refractivity contribution is -0.116. The minimum Gasteiger partial charge on any atom is -0.444 e. The van der Waals surface area contributed by atoms with Crippen molar-refractivity contribution in [3.05, 3.63) is 41.5 Å². The summed E-state index contributed by atoms with van der Waals surface area (Å²) in [4.78, 5) is 22.5. The second-order valence-corrected chi connectivity index (χ2v) is 6.24. The van der Waals surface area contributed by atoms with Gasteiger partial charge in [0.1, 0.15) is 11.4 Å². The fraction of sp³-hybridized carbons (Fsp3) is 0.444. The molecule has 4 nitrogen and oxygen atoms in total. The van der Waals surface area contributed by atoms with E-state index >= 15 is 0 Å². The third-order valence-electron chi connectivity index (χ3n) is 2.72. The standard InChI is InChI=1S/C18H25NO3/c1-14(20)13-16-10-8-15(9-11-16)7-5-6-12-19-17(21)22-18(2,3)4/h5,7-11H,6,12-13H2,1-4H3,(H,19,21). The van der Waals surface area contributed by atoms with Gasteiger partial charge in [0.25, 0.3) is 0 Å². The summed E-state index contributed by atoms with van der Waals surface area (Å²) in [5.41, 5.74) is 1.63. The van der Waals surface area contributed by atoms with Crippen LogP contribution in [0.25, 0.3) is 6.08 Å². The molecule has 0 fully saturated rings. The van der Waals surface area contributed by atoms with E-state index in [-0.39, 0.29) is 5.78 Å². The average Bonchev–Trinajstić information content (AvgIpc) is 2.37. The molecule has 0 unspecified atom stereocenters. The van der Waals surface area contributed by atoms with Crippen molar-refractivity contribution in [2.75, 3.05) is 6.54 Å². The second kappa shape index (κ2) is 8.37. The number of carbonyl (C=O) groups is 2. The van der Waals surface area contributed by atoms with Crippen molar-refractivity contribution >= 4 is 18.0 Å². The molecule has 0 spiro atoms. The van der Waals surface area contributed by atoms with Crippen LogP contribution in [-0.2, 0) is 16.0 Å². The zero-order valence-electron chi connectivity index (χ0n) is 13.8. The largest absolute Gasteiger partial charge is 0.444 e. The summed E-state index contributed by atoms with van der Waals surface area (Å²) in [6.07, 6.45) is 4.80. The summed E-state index contributed by atoms with van der Waals surface area (Å²) in [6.45, 7) is 7.63. The van der Waals surface area contributed by atoms with Crippen molar-refractivity contribution in [2.24, 2.45) is 0 Å². The highest BCUT2D eigenvalue weighted by Gasteiger charge is 2.15. The molecule has 0 heterocycles. The van der Waals surface area contributed by atoms with Gasteiger partial charge in [-0.05, 0) is 45.2 Å². The molecule has 0 saturated carbocycles. The number of benzene rings is 1. The van der Waals surface area contributed by atoms with Crippen molar-refractivity contribution in [1.82, 2.24) is 5.32 Å². The first-order valence-electron chi connectivity index (χ1n) is 7.48. The molecule has 120 valence electrons. The van der Waals surface area contributed by atoms with Gasteiger partial charge in [0.15, 0.2) is 0 Å². The Labute approximate surface area is 132 Å². The number of carbonyl (C=O) groups excluding carboxylic acids is 2. The van der Waals surface area contributed by atoms with Gasteiger partial charge in [-0.2, -0.15) is 0 Å². The van der Waals surface area contributed by atoms with E-state index in [9.17, 15) is 9.59 Å². The Balaban J connectivity index is 2.31. The fourth-order valence-electron chi connectivity index (χ4n) is 1.83. The van der Waals surface area contributed by atoms with Gasteiger partial charge in [0, 0.05) is 13.0 Å². The lowest BCUT2D eigenvalue weighted by Gasteiger charge is -2.19. The number of hydrogen-bond donors (Lipinski definition) is 1. The van der Waals surface area contributed by atoms with Crippen LogP contribution < -0.4 is 5.32 Å². The fourth-order valence-corrected chi connectivity index (χ4v) is 1.83. The van der Waals surface area contributed by atoms with Crippen molar-refractivity contribution in [1.29, 1.82) is 0 Å². The first kappa shape index (κ1) is 18.0. The second-order valence-electron chi connectivity index (χ2n) is 6.24. The van der Waals surface area contributed by atoms with Crippen LogP contribution >= 0.6 is 0 Å². The molecule has 4 heteroatoms. The Bertz CT molecular complexity index is 524. The molecule has 1 aromatic rings. The molecule has 22 heavy (non-hydrogen) atoms. The van der Waals surface area contributed by atoms with E-state index in [2.05, 4.69) is 5.32 Å². The van der Waals surface area contributed by atoms with Gasteiger partial charge in [0.05, 0.1) is 0 Å². The Kier molecular flexibility index (Phi) is 6.83. The molecule has 0 radical (unpaired) electrons. The Hall–Kier alpha value is -2.10. The van der Waals surface area contributed by atoms with E-state index in [0.717, 1.165) is 17.5 Å². The van der Waals surface area contributed by atoms with E-state index in [1.54, 1.807) is 6.92 Å². The number of hydrogen-bond acceptors (Lipinski definition) is 3. The lowest BCUT2D eigenvalue weighted by atomic mass is 10.1. The third-order valence-corrected chi connectivity index (χ3v) is 2.72. The van der Waals surface area contributed by atoms with Crippen LogP contribution in [0.1, 0.15) is 45.2 Å². The molecule has 0 atom stereocenters. The van der Waals surface area contributed by atoms with Gasteiger partial charge >= 0.3 is 6.09 Å². The maximum Gasteiger partial charge on any atom is 0.407 e.